The van der Waals surface area contributed by atoms with Crippen LogP contribution in [0.5, 0.6) is 0 Å². The number of quaternary nitrogens is 1. The molecule has 5 nitrogen and oxygen atoms in total. The lowest BCUT2D eigenvalue weighted by molar-refractivity contribution is -0.870. The lowest BCUT2D eigenvalue weighted by atomic mass is 9.98. The zero-order chi connectivity index (χ0) is 13.9. The Kier molecular flexibility index (Phi) is 4.68. The third-order valence-corrected chi connectivity index (χ3v) is 4.05. The Morgan fingerprint density at radius 3 is 2.79 bits per heavy atom. The number of fused-ring (bicyclic) bond motifs is 1. The molecule has 0 amide bonds. The summed E-state index contributed by atoms with van der Waals surface area (Å²) in [5.41, 5.74) is 6.28. The summed E-state index contributed by atoms with van der Waals surface area (Å²) in [4.78, 5) is 0. The molecular weight excluding hydrogens is 238 g/mol. The predicted molar refractivity (Wildman–Crippen MR) is 79.9 cm³/mol. The Balaban J connectivity index is 1.68. The first-order chi connectivity index (χ1) is 8.97. The highest BCUT2D eigenvalue weighted by molar-refractivity contribution is 5.89. The van der Waals surface area contributed by atoms with Crippen molar-refractivity contribution in [3.8, 4) is 0 Å². The topological polar surface area (TPSA) is 53.7 Å². The van der Waals surface area contributed by atoms with Gasteiger partial charge in [0.2, 0.25) is 0 Å². The molecule has 3 N–H and O–H groups in total. The first kappa shape index (κ1) is 14.6. The number of rotatable bonds is 5. The second-order valence-electron chi connectivity index (χ2n) is 6.89. The quantitative estimate of drug-likeness (QED) is 0.566. The highest BCUT2D eigenvalue weighted by atomic mass is 15.5. The van der Waals surface area contributed by atoms with E-state index >= 15 is 0 Å². The molecule has 0 saturated carbocycles. The number of hydrazone groups is 1. The molecule has 19 heavy (non-hydrogen) atoms. The predicted octanol–water partition coefficient (Wildman–Crippen LogP) is 0.571. The van der Waals surface area contributed by atoms with Gasteiger partial charge in [0.25, 0.3) is 0 Å². The van der Waals surface area contributed by atoms with E-state index < -0.39 is 0 Å². The highest BCUT2D eigenvalue weighted by Crippen LogP contribution is 2.24. The van der Waals surface area contributed by atoms with Crippen molar-refractivity contribution in [2.45, 2.75) is 44.2 Å². The SMILES string of the molecule is C[N+](C)(C)CCCCNC1=NN2CCCCC2C1N. The summed E-state index contributed by atoms with van der Waals surface area (Å²) >= 11 is 0. The zero-order valence-corrected chi connectivity index (χ0v) is 12.7. The van der Waals surface area contributed by atoms with Crippen LogP contribution in [0.15, 0.2) is 5.10 Å². The van der Waals surface area contributed by atoms with E-state index in [1.165, 1.54) is 38.6 Å². The van der Waals surface area contributed by atoms with E-state index in [1.54, 1.807) is 0 Å². The van der Waals surface area contributed by atoms with Crippen LogP contribution in [0.3, 0.4) is 0 Å². The highest BCUT2D eigenvalue weighted by Gasteiger charge is 2.35. The Labute approximate surface area is 117 Å². The number of hydrogen-bond acceptors (Lipinski definition) is 4. The zero-order valence-electron chi connectivity index (χ0n) is 12.7. The molecule has 0 aromatic carbocycles. The molecular formula is C14H30N5+. The Morgan fingerprint density at radius 1 is 1.32 bits per heavy atom. The summed E-state index contributed by atoms with van der Waals surface area (Å²) in [5, 5.41) is 10.3. The van der Waals surface area contributed by atoms with E-state index in [2.05, 4.69) is 36.6 Å². The van der Waals surface area contributed by atoms with Crippen molar-refractivity contribution in [2.24, 2.45) is 10.8 Å². The van der Waals surface area contributed by atoms with E-state index in [0.717, 1.165) is 23.4 Å². The average Bonchev–Trinajstić information content (AvgIpc) is 2.65. The summed E-state index contributed by atoms with van der Waals surface area (Å²) < 4.78 is 1.04. The molecule has 0 aromatic rings. The number of nitrogens with two attached hydrogens (primary N) is 1. The number of amidine groups is 1. The molecule has 2 rings (SSSR count). The maximum Gasteiger partial charge on any atom is 0.141 e. The Morgan fingerprint density at radius 2 is 2.11 bits per heavy atom. The van der Waals surface area contributed by atoms with Gasteiger partial charge in [-0.2, -0.15) is 5.10 Å². The third-order valence-electron chi connectivity index (χ3n) is 4.05. The van der Waals surface area contributed by atoms with E-state index in [4.69, 9.17) is 5.73 Å². The fourth-order valence-corrected chi connectivity index (χ4v) is 2.90. The summed E-state index contributed by atoms with van der Waals surface area (Å²) in [7, 11) is 6.72. The van der Waals surface area contributed by atoms with E-state index in [-0.39, 0.29) is 6.04 Å². The van der Waals surface area contributed by atoms with Gasteiger partial charge < -0.3 is 15.5 Å². The first-order valence-corrected chi connectivity index (χ1v) is 7.62. The minimum absolute atomic E-state index is 0.0960. The van der Waals surface area contributed by atoms with E-state index in [1.807, 2.05) is 0 Å². The van der Waals surface area contributed by atoms with Crippen molar-refractivity contribution >= 4 is 5.84 Å². The van der Waals surface area contributed by atoms with Crippen molar-refractivity contribution in [3.63, 3.8) is 0 Å². The summed E-state index contributed by atoms with van der Waals surface area (Å²) in [6.45, 7) is 3.28. The Bertz CT molecular complexity index is 320. The average molecular weight is 268 g/mol. The maximum absolute atomic E-state index is 6.28. The van der Waals surface area contributed by atoms with E-state index in [9.17, 15) is 0 Å². The van der Waals surface area contributed by atoms with Gasteiger partial charge in [-0.25, -0.2) is 0 Å². The molecule has 0 bridgehead atoms. The van der Waals surface area contributed by atoms with Crippen LogP contribution in [0.1, 0.15) is 32.1 Å². The number of nitrogens with zero attached hydrogens (tertiary/aromatic N) is 3. The van der Waals surface area contributed by atoms with Gasteiger partial charge in [-0.3, -0.25) is 5.01 Å². The molecule has 0 aromatic heterocycles. The van der Waals surface area contributed by atoms with Gasteiger partial charge in [0.15, 0.2) is 0 Å². The fourth-order valence-electron chi connectivity index (χ4n) is 2.90. The number of unbranched alkanes of at least 4 members (excludes halogenated alkanes) is 1. The fraction of sp³-hybridized carbons (Fsp3) is 0.929. The number of piperidine rings is 1. The number of hydrogen-bond donors (Lipinski definition) is 2. The maximum atomic E-state index is 6.28. The molecule has 5 heteroatoms. The van der Waals surface area contributed by atoms with Gasteiger partial charge in [-0.15, -0.1) is 0 Å². The van der Waals surface area contributed by atoms with Crippen LogP contribution in [0.2, 0.25) is 0 Å². The van der Waals surface area contributed by atoms with Crippen LogP contribution in [0.4, 0.5) is 0 Å². The molecule has 2 atom stereocenters. The van der Waals surface area contributed by atoms with Crippen molar-refractivity contribution in [1.82, 2.24) is 10.3 Å². The minimum atomic E-state index is 0.0960. The molecule has 2 unspecified atom stereocenters. The van der Waals surface area contributed by atoms with Gasteiger partial charge in [0, 0.05) is 13.1 Å². The van der Waals surface area contributed by atoms with Crippen molar-refractivity contribution in [2.75, 3.05) is 40.8 Å². The summed E-state index contributed by atoms with van der Waals surface area (Å²) in [5.74, 6) is 1.01. The summed E-state index contributed by atoms with van der Waals surface area (Å²) in [6, 6.07) is 0.543. The molecule has 110 valence electrons. The van der Waals surface area contributed by atoms with E-state index in [0.29, 0.717) is 6.04 Å². The largest absolute Gasteiger partial charge is 0.371 e. The van der Waals surface area contributed by atoms with Crippen LogP contribution in [-0.4, -0.2) is 68.2 Å². The minimum Gasteiger partial charge on any atom is -0.371 e. The molecule has 1 saturated heterocycles. The van der Waals surface area contributed by atoms with Gasteiger partial charge in [0.05, 0.1) is 39.8 Å². The molecule has 2 aliphatic heterocycles. The standard InChI is InChI=1S/C14H30N5/c1-19(2,3)11-7-5-9-16-14-13(15)12-8-4-6-10-18(12)17-14/h12-13H,4-11,15H2,1-3H3,(H,16,17)/q+1. The van der Waals surface area contributed by atoms with Gasteiger partial charge in [0.1, 0.15) is 5.84 Å². The third kappa shape index (κ3) is 4.08. The van der Waals surface area contributed by atoms with Crippen molar-refractivity contribution in [1.29, 1.82) is 0 Å². The van der Waals surface area contributed by atoms with Gasteiger partial charge >= 0.3 is 0 Å². The molecule has 2 aliphatic rings. The van der Waals surface area contributed by atoms with Crippen LogP contribution >= 0.6 is 0 Å². The lowest BCUT2D eigenvalue weighted by Gasteiger charge is -2.30. The Hall–Kier alpha value is -0.810. The smallest absolute Gasteiger partial charge is 0.141 e. The van der Waals surface area contributed by atoms with Crippen molar-refractivity contribution in [3.05, 3.63) is 0 Å². The van der Waals surface area contributed by atoms with Crippen LogP contribution in [0, 0.1) is 0 Å². The van der Waals surface area contributed by atoms with Crippen LogP contribution in [0.25, 0.3) is 0 Å². The second kappa shape index (κ2) is 6.09. The molecule has 0 aliphatic carbocycles. The molecule has 0 radical (unpaired) electrons. The summed E-state index contributed by atoms with van der Waals surface area (Å²) in [6.07, 6.45) is 6.17. The van der Waals surface area contributed by atoms with Crippen molar-refractivity contribution < 1.29 is 4.48 Å². The normalized spacial score (nSPS) is 27.2. The van der Waals surface area contributed by atoms with Crippen LogP contribution < -0.4 is 11.1 Å². The lowest BCUT2D eigenvalue weighted by Crippen LogP contribution is -2.48. The molecule has 0 spiro atoms. The molecule has 1 fully saturated rings. The second-order valence-corrected chi connectivity index (χ2v) is 6.89. The monoisotopic (exact) mass is 268 g/mol. The molecule has 2 heterocycles. The van der Waals surface area contributed by atoms with Gasteiger partial charge in [-0.05, 0) is 32.1 Å². The number of nitrogens with one attached hydrogen (secondary N) is 1. The van der Waals surface area contributed by atoms with Gasteiger partial charge in [-0.1, -0.05) is 0 Å². The first-order valence-electron chi connectivity index (χ1n) is 7.62. The van der Waals surface area contributed by atoms with Crippen LogP contribution in [-0.2, 0) is 0 Å².